The van der Waals surface area contributed by atoms with E-state index in [9.17, 15) is 9.59 Å². The molecule has 0 bridgehead atoms. The minimum atomic E-state index is -0.602. The van der Waals surface area contributed by atoms with Gasteiger partial charge in [0.2, 0.25) is 0 Å². The third-order valence-electron chi connectivity index (χ3n) is 2.23. The van der Waals surface area contributed by atoms with E-state index in [1.54, 1.807) is 38.2 Å². The van der Waals surface area contributed by atoms with Gasteiger partial charge in [0.05, 0.1) is 0 Å². The Labute approximate surface area is 126 Å². The molecular weight excluding hydrogens is 359 g/mol. The van der Waals surface area contributed by atoms with Crippen LogP contribution in [0.2, 0.25) is 0 Å². The summed E-state index contributed by atoms with van der Waals surface area (Å²) >= 11 is 2.06. The molecule has 0 N–H and O–H groups in total. The van der Waals surface area contributed by atoms with Gasteiger partial charge in [-0.05, 0) is 48.6 Å². The predicted molar refractivity (Wildman–Crippen MR) is 80.6 cm³/mol. The fourth-order valence-corrected chi connectivity index (χ4v) is 2.13. The SMILES string of the molecule is C/C=C/C(=O)O[C@H]1C=CC=C(I)[C@H]1OC(=O)/C=C/C. The van der Waals surface area contributed by atoms with Gasteiger partial charge in [-0.2, -0.15) is 0 Å². The zero-order valence-electron chi connectivity index (χ0n) is 10.7. The van der Waals surface area contributed by atoms with Crippen molar-refractivity contribution in [3.63, 3.8) is 0 Å². The van der Waals surface area contributed by atoms with Crippen molar-refractivity contribution < 1.29 is 19.1 Å². The van der Waals surface area contributed by atoms with Crippen molar-refractivity contribution in [1.82, 2.24) is 0 Å². The minimum absolute atomic E-state index is 0.461. The first-order valence-electron chi connectivity index (χ1n) is 5.79. The number of allylic oxidation sites excluding steroid dienone is 4. The third kappa shape index (κ3) is 5.02. The van der Waals surface area contributed by atoms with E-state index < -0.39 is 24.1 Å². The molecule has 1 rings (SSSR count). The fourth-order valence-electron chi connectivity index (χ4n) is 1.44. The first-order chi connectivity index (χ1) is 9.08. The fraction of sp³-hybridized carbons (Fsp3) is 0.286. The van der Waals surface area contributed by atoms with Gasteiger partial charge in [0.25, 0.3) is 0 Å². The van der Waals surface area contributed by atoms with Crippen LogP contribution in [0.1, 0.15) is 13.8 Å². The van der Waals surface area contributed by atoms with E-state index in [2.05, 4.69) is 22.6 Å². The Hall–Kier alpha value is -1.37. The quantitative estimate of drug-likeness (QED) is 0.432. The number of halogens is 1. The van der Waals surface area contributed by atoms with Crippen LogP contribution >= 0.6 is 22.6 Å². The topological polar surface area (TPSA) is 52.6 Å². The Morgan fingerprint density at radius 3 is 2.32 bits per heavy atom. The maximum atomic E-state index is 11.5. The molecule has 5 heteroatoms. The lowest BCUT2D eigenvalue weighted by Crippen LogP contribution is -2.34. The van der Waals surface area contributed by atoms with E-state index >= 15 is 0 Å². The summed E-state index contributed by atoms with van der Waals surface area (Å²) in [6.07, 6.45) is 9.92. The van der Waals surface area contributed by atoms with E-state index in [1.165, 1.54) is 12.2 Å². The molecular formula is C14H15IO4. The Bertz CT molecular complexity index is 460. The van der Waals surface area contributed by atoms with Crippen LogP contribution in [0.5, 0.6) is 0 Å². The van der Waals surface area contributed by atoms with Gasteiger partial charge in [-0.25, -0.2) is 9.59 Å². The van der Waals surface area contributed by atoms with Crippen molar-refractivity contribution >= 4 is 34.5 Å². The van der Waals surface area contributed by atoms with Gasteiger partial charge in [0.15, 0.2) is 12.2 Å². The van der Waals surface area contributed by atoms with Crippen LogP contribution in [-0.2, 0) is 19.1 Å². The van der Waals surface area contributed by atoms with Crippen LogP contribution in [-0.4, -0.2) is 24.1 Å². The summed E-state index contributed by atoms with van der Waals surface area (Å²) in [5.41, 5.74) is 0. The van der Waals surface area contributed by atoms with Gasteiger partial charge < -0.3 is 9.47 Å². The van der Waals surface area contributed by atoms with Crippen molar-refractivity contribution in [3.8, 4) is 0 Å². The molecule has 4 nitrogen and oxygen atoms in total. The van der Waals surface area contributed by atoms with Gasteiger partial charge in [-0.1, -0.05) is 18.2 Å². The van der Waals surface area contributed by atoms with Gasteiger partial charge in [-0.15, -0.1) is 0 Å². The lowest BCUT2D eigenvalue weighted by molar-refractivity contribution is -0.154. The Balaban J connectivity index is 2.77. The summed E-state index contributed by atoms with van der Waals surface area (Å²) < 4.78 is 11.3. The minimum Gasteiger partial charge on any atom is -0.451 e. The lowest BCUT2D eigenvalue weighted by atomic mass is 10.1. The average Bonchev–Trinajstić information content (AvgIpc) is 2.34. The molecule has 2 atom stereocenters. The first kappa shape index (κ1) is 15.7. The molecule has 1 aliphatic rings. The molecule has 0 saturated heterocycles. The molecule has 0 aliphatic heterocycles. The van der Waals surface area contributed by atoms with E-state index in [-0.39, 0.29) is 0 Å². The number of rotatable bonds is 4. The van der Waals surface area contributed by atoms with Crippen LogP contribution in [0.3, 0.4) is 0 Å². The van der Waals surface area contributed by atoms with Gasteiger partial charge in [0.1, 0.15) is 0 Å². The molecule has 0 heterocycles. The van der Waals surface area contributed by atoms with Crippen molar-refractivity contribution in [3.05, 3.63) is 46.1 Å². The van der Waals surface area contributed by atoms with E-state index in [0.29, 0.717) is 0 Å². The van der Waals surface area contributed by atoms with E-state index in [0.717, 1.165) is 3.58 Å². The summed E-state index contributed by atoms with van der Waals surface area (Å²) in [6.45, 7) is 3.46. The highest BCUT2D eigenvalue weighted by molar-refractivity contribution is 14.1. The van der Waals surface area contributed by atoms with Crippen molar-refractivity contribution in [1.29, 1.82) is 0 Å². The molecule has 0 radical (unpaired) electrons. The molecule has 0 fully saturated rings. The zero-order chi connectivity index (χ0) is 14.3. The Morgan fingerprint density at radius 2 is 1.74 bits per heavy atom. The molecule has 1 aliphatic carbocycles. The molecule has 0 aromatic carbocycles. The number of hydrogen-bond acceptors (Lipinski definition) is 4. The van der Waals surface area contributed by atoms with Gasteiger partial charge >= 0.3 is 11.9 Å². The molecule has 102 valence electrons. The molecule has 0 saturated carbocycles. The predicted octanol–water partition coefficient (Wildman–Crippen LogP) is 2.85. The summed E-state index contributed by atoms with van der Waals surface area (Å²) in [5, 5.41) is 0. The van der Waals surface area contributed by atoms with Crippen LogP contribution < -0.4 is 0 Å². The van der Waals surface area contributed by atoms with Gasteiger partial charge in [0, 0.05) is 15.7 Å². The standard InChI is InChI=1S/C14H15IO4/c1-3-6-12(16)18-11-9-5-8-10(15)14(11)19-13(17)7-4-2/h3-9,11,14H,1-2H3/b6-3+,7-4+/t11-,14+/m0/s1. The molecule has 0 aromatic rings. The third-order valence-corrected chi connectivity index (χ3v) is 3.20. The highest BCUT2D eigenvalue weighted by atomic mass is 127. The van der Waals surface area contributed by atoms with Crippen molar-refractivity contribution in [2.45, 2.75) is 26.1 Å². The second kappa shape index (κ2) is 7.93. The number of ether oxygens (including phenoxy) is 2. The van der Waals surface area contributed by atoms with Crippen LogP contribution in [0.25, 0.3) is 0 Å². The number of carbonyl (C=O) groups excluding carboxylic acids is 2. The smallest absolute Gasteiger partial charge is 0.331 e. The first-order valence-corrected chi connectivity index (χ1v) is 6.87. The second-order valence-corrected chi connectivity index (χ2v) is 4.94. The molecule has 0 amide bonds. The largest absolute Gasteiger partial charge is 0.451 e. The van der Waals surface area contributed by atoms with Crippen molar-refractivity contribution in [2.75, 3.05) is 0 Å². The highest BCUT2D eigenvalue weighted by Crippen LogP contribution is 2.25. The maximum absolute atomic E-state index is 11.5. The maximum Gasteiger partial charge on any atom is 0.331 e. The molecule has 0 spiro atoms. The molecule has 0 unspecified atom stereocenters. The van der Waals surface area contributed by atoms with E-state index in [4.69, 9.17) is 9.47 Å². The van der Waals surface area contributed by atoms with Crippen LogP contribution in [0, 0.1) is 0 Å². The van der Waals surface area contributed by atoms with Gasteiger partial charge in [-0.3, -0.25) is 0 Å². The Kier molecular flexibility index (Phi) is 6.55. The highest BCUT2D eigenvalue weighted by Gasteiger charge is 2.29. The second-order valence-electron chi connectivity index (χ2n) is 3.70. The normalized spacial score (nSPS) is 22.6. The molecule has 0 aromatic heterocycles. The molecule has 19 heavy (non-hydrogen) atoms. The van der Waals surface area contributed by atoms with Crippen LogP contribution in [0.15, 0.2) is 46.1 Å². The number of esters is 2. The summed E-state index contributed by atoms with van der Waals surface area (Å²) in [5.74, 6) is -0.923. The number of carbonyl (C=O) groups is 2. The zero-order valence-corrected chi connectivity index (χ0v) is 12.9. The Morgan fingerprint density at radius 1 is 1.16 bits per heavy atom. The lowest BCUT2D eigenvalue weighted by Gasteiger charge is -2.25. The average molecular weight is 374 g/mol. The van der Waals surface area contributed by atoms with Crippen LogP contribution in [0.4, 0.5) is 0 Å². The number of hydrogen-bond donors (Lipinski definition) is 0. The summed E-state index contributed by atoms with van der Waals surface area (Å²) in [4.78, 5) is 23.0. The van der Waals surface area contributed by atoms with Crippen molar-refractivity contribution in [2.24, 2.45) is 0 Å². The summed E-state index contributed by atoms with van der Waals surface area (Å²) in [7, 11) is 0. The monoisotopic (exact) mass is 374 g/mol. The summed E-state index contributed by atoms with van der Waals surface area (Å²) in [6, 6.07) is 0. The van der Waals surface area contributed by atoms with E-state index in [1.807, 2.05) is 6.08 Å².